The second-order valence-electron chi connectivity index (χ2n) is 3.78. The molecule has 1 rings (SSSR count). The van der Waals surface area contributed by atoms with Gasteiger partial charge in [-0.3, -0.25) is 0 Å². The highest BCUT2D eigenvalue weighted by molar-refractivity contribution is 8.14. The number of hydrogen-bond donors (Lipinski definition) is 0. The van der Waals surface area contributed by atoms with Gasteiger partial charge in [-0.1, -0.05) is 12.1 Å². The van der Waals surface area contributed by atoms with Crippen LogP contribution < -0.4 is 0 Å². The highest BCUT2D eigenvalue weighted by atomic mass is 35.7. The number of sulfone groups is 2. The first kappa shape index (κ1) is 16.4. The van der Waals surface area contributed by atoms with Gasteiger partial charge in [0, 0.05) is 16.9 Å². The summed E-state index contributed by atoms with van der Waals surface area (Å²) in [6, 6.07) is 5.01. The molecule has 0 atom stereocenters. The van der Waals surface area contributed by atoms with Crippen molar-refractivity contribution in [1.82, 2.24) is 0 Å². The molecule has 19 heavy (non-hydrogen) atoms. The van der Waals surface area contributed by atoms with Crippen molar-refractivity contribution in [2.75, 3.05) is 17.8 Å². The maximum Gasteiger partial charge on any atom is 0.233 e. The van der Waals surface area contributed by atoms with Gasteiger partial charge in [-0.15, -0.1) is 0 Å². The minimum absolute atomic E-state index is 0.359. The van der Waals surface area contributed by atoms with Crippen molar-refractivity contribution in [3.8, 4) is 0 Å². The standard InChI is InChI=1S/C9H11ClO6S3/c1-17(11,12)8-4-2-3-5-9(8)18(13,14)6-7-19(10,15)16/h2-5H,6-7H2,1H3. The van der Waals surface area contributed by atoms with Gasteiger partial charge in [-0.2, -0.15) is 0 Å². The van der Waals surface area contributed by atoms with Crippen LogP contribution in [-0.4, -0.2) is 43.0 Å². The summed E-state index contributed by atoms with van der Waals surface area (Å²) in [6.45, 7) is 0. The molecule has 0 aliphatic heterocycles. The average molecular weight is 347 g/mol. The van der Waals surface area contributed by atoms with Gasteiger partial charge in [0.2, 0.25) is 9.05 Å². The van der Waals surface area contributed by atoms with E-state index in [0.717, 1.165) is 18.4 Å². The van der Waals surface area contributed by atoms with Gasteiger partial charge >= 0.3 is 0 Å². The molecule has 0 bridgehead atoms. The van der Waals surface area contributed by atoms with E-state index in [-0.39, 0.29) is 4.90 Å². The summed E-state index contributed by atoms with van der Waals surface area (Å²) >= 11 is 0. The molecule has 0 aliphatic carbocycles. The van der Waals surface area contributed by atoms with Crippen molar-refractivity contribution < 1.29 is 25.3 Å². The largest absolute Gasteiger partial charge is 0.233 e. The Hall–Kier alpha value is -0.640. The van der Waals surface area contributed by atoms with Gasteiger partial charge in [0.25, 0.3) is 0 Å². The molecule has 0 amide bonds. The summed E-state index contributed by atoms with van der Waals surface area (Å²) in [5.41, 5.74) is 0. The highest BCUT2D eigenvalue weighted by Crippen LogP contribution is 2.22. The van der Waals surface area contributed by atoms with Crippen LogP contribution in [0.5, 0.6) is 0 Å². The molecule has 0 N–H and O–H groups in total. The van der Waals surface area contributed by atoms with E-state index in [1.165, 1.54) is 12.1 Å². The molecule has 0 saturated heterocycles. The number of rotatable bonds is 5. The van der Waals surface area contributed by atoms with Crippen molar-refractivity contribution in [3.05, 3.63) is 24.3 Å². The molecule has 1 aromatic rings. The van der Waals surface area contributed by atoms with Gasteiger partial charge in [0.15, 0.2) is 19.7 Å². The maximum atomic E-state index is 12.0. The molecule has 0 spiro atoms. The lowest BCUT2D eigenvalue weighted by atomic mass is 10.4. The van der Waals surface area contributed by atoms with Crippen LogP contribution in [0, 0.1) is 0 Å². The molecule has 108 valence electrons. The van der Waals surface area contributed by atoms with Crippen molar-refractivity contribution >= 4 is 39.4 Å². The Morgan fingerprint density at radius 1 is 0.895 bits per heavy atom. The molecule has 10 heteroatoms. The zero-order chi connectivity index (χ0) is 14.9. The summed E-state index contributed by atoms with van der Waals surface area (Å²) in [6.07, 6.45) is 0.875. The summed E-state index contributed by atoms with van der Waals surface area (Å²) < 4.78 is 68.5. The van der Waals surface area contributed by atoms with E-state index in [9.17, 15) is 25.3 Å². The Labute approximate surface area is 116 Å². The molecule has 0 saturated carbocycles. The van der Waals surface area contributed by atoms with Gasteiger partial charge in [-0.25, -0.2) is 25.3 Å². The normalized spacial score (nSPS) is 13.4. The first-order valence-corrected chi connectivity index (χ1v) is 10.9. The van der Waals surface area contributed by atoms with Crippen LogP contribution in [0.15, 0.2) is 34.1 Å². The number of benzene rings is 1. The van der Waals surface area contributed by atoms with Crippen molar-refractivity contribution in [2.45, 2.75) is 9.79 Å². The fourth-order valence-corrected chi connectivity index (χ4v) is 6.05. The summed E-state index contributed by atoms with van der Waals surface area (Å²) in [5.74, 6) is -1.56. The molecule has 6 nitrogen and oxygen atoms in total. The van der Waals surface area contributed by atoms with Crippen LogP contribution in [0.4, 0.5) is 0 Å². The van der Waals surface area contributed by atoms with E-state index < -0.39 is 45.1 Å². The van der Waals surface area contributed by atoms with Crippen LogP contribution in [0.1, 0.15) is 0 Å². The summed E-state index contributed by atoms with van der Waals surface area (Å²) in [5, 5.41) is 0. The molecular weight excluding hydrogens is 336 g/mol. The fourth-order valence-electron chi connectivity index (χ4n) is 1.33. The van der Waals surface area contributed by atoms with Gasteiger partial charge in [-0.05, 0) is 12.1 Å². The van der Waals surface area contributed by atoms with Crippen LogP contribution in [-0.2, 0) is 28.7 Å². The van der Waals surface area contributed by atoms with Gasteiger partial charge < -0.3 is 0 Å². The van der Waals surface area contributed by atoms with E-state index in [1.807, 2.05) is 0 Å². The van der Waals surface area contributed by atoms with E-state index in [0.29, 0.717) is 0 Å². The van der Waals surface area contributed by atoms with Gasteiger partial charge in [0.1, 0.15) is 0 Å². The van der Waals surface area contributed by atoms with Crippen molar-refractivity contribution in [2.24, 2.45) is 0 Å². The zero-order valence-corrected chi connectivity index (χ0v) is 13.0. The first-order chi connectivity index (χ1) is 8.43. The molecule has 1 aromatic carbocycles. The van der Waals surface area contributed by atoms with Crippen LogP contribution >= 0.6 is 10.7 Å². The molecular formula is C9H11ClO6S3. The van der Waals surface area contributed by atoms with E-state index in [4.69, 9.17) is 10.7 Å². The monoisotopic (exact) mass is 346 g/mol. The van der Waals surface area contributed by atoms with Gasteiger partial charge in [0.05, 0.1) is 21.3 Å². The molecule has 0 unspecified atom stereocenters. The lowest BCUT2D eigenvalue weighted by Crippen LogP contribution is -2.16. The molecule has 0 aliphatic rings. The van der Waals surface area contributed by atoms with E-state index in [2.05, 4.69) is 0 Å². The van der Waals surface area contributed by atoms with Crippen molar-refractivity contribution in [3.63, 3.8) is 0 Å². The number of halogens is 1. The highest BCUT2D eigenvalue weighted by Gasteiger charge is 2.25. The second-order valence-corrected chi connectivity index (χ2v) is 10.7. The Bertz CT molecular complexity index is 777. The molecule has 0 heterocycles. The van der Waals surface area contributed by atoms with Crippen LogP contribution in [0.3, 0.4) is 0 Å². The minimum atomic E-state index is -4.05. The Balaban J connectivity index is 3.31. The van der Waals surface area contributed by atoms with Crippen molar-refractivity contribution in [1.29, 1.82) is 0 Å². The molecule has 0 aromatic heterocycles. The maximum absolute atomic E-state index is 12.0. The lowest BCUT2D eigenvalue weighted by Gasteiger charge is -2.08. The van der Waals surface area contributed by atoms with Crippen LogP contribution in [0.25, 0.3) is 0 Å². The third-order valence-electron chi connectivity index (χ3n) is 2.18. The predicted octanol–water partition coefficient (Wildman–Crippen LogP) is 0.432. The lowest BCUT2D eigenvalue weighted by molar-refractivity contribution is 0.584. The fraction of sp³-hybridized carbons (Fsp3) is 0.333. The van der Waals surface area contributed by atoms with Crippen LogP contribution in [0.2, 0.25) is 0 Å². The quantitative estimate of drug-likeness (QED) is 0.716. The topological polar surface area (TPSA) is 102 Å². The molecule has 0 radical (unpaired) electrons. The van der Waals surface area contributed by atoms with E-state index >= 15 is 0 Å². The summed E-state index contributed by atoms with van der Waals surface area (Å²) in [4.78, 5) is -0.778. The SMILES string of the molecule is CS(=O)(=O)c1ccccc1S(=O)(=O)CCS(=O)(=O)Cl. The Kier molecular flexibility index (Phi) is 4.66. The predicted molar refractivity (Wildman–Crippen MR) is 71.2 cm³/mol. The Morgan fingerprint density at radius 3 is 1.79 bits per heavy atom. The average Bonchev–Trinajstić information content (AvgIpc) is 2.25. The second kappa shape index (κ2) is 5.39. The third-order valence-corrected chi connectivity index (χ3v) is 6.64. The smallest absolute Gasteiger partial charge is 0.224 e. The first-order valence-electron chi connectivity index (χ1n) is 4.88. The molecule has 0 fully saturated rings. The third kappa shape index (κ3) is 4.75. The Morgan fingerprint density at radius 2 is 1.37 bits per heavy atom. The zero-order valence-electron chi connectivity index (χ0n) is 9.78. The van der Waals surface area contributed by atoms with E-state index in [1.54, 1.807) is 0 Å². The minimum Gasteiger partial charge on any atom is -0.224 e. The number of hydrogen-bond acceptors (Lipinski definition) is 6. The summed E-state index contributed by atoms with van der Waals surface area (Å²) in [7, 11) is -6.81.